The summed E-state index contributed by atoms with van der Waals surface area (Å²) in [6, 6.07) is 9.63. The third kappa shape index (κ3) is 8.77. The van der Waals surface area contributed by atoms with Gasteiger partial charge >= 0.3 is 5.97 Å². The molecule has 2 atom stereocenters. The Labute approximate surface area is 131 Å². The number of ether oxygens (including phenoxy) is 2. The summed E-state index contributed by atoms with van der Waals surface area (Å²) >= 11 is 0. The van der Waals surface area contributed by atoms with Crippen molar-refractivity contribution in [3.05, 3.63) is 35.9 Å². The van der Waals surface area contributed by atoms with E-state index in [0.29, 0.717) is 13.2 Å². The number of aliphatic hydroxyl groups is 2. The average molecular weight is 310 g/mol. The Morgan fingerprint density at radius 2 is 1.77 bits per heavy atom. The fourth-order valence-electron chi connectivity index (χ4n) is 1.86. The summed E-state index contributed by atoms with van der Waals surface area (Å²) in [4.78, 5) is 11.4. The molecule has 1 rings (SSSR count). The molecule has 0 heterocycles. The summed E-state index contributed by atoms with van der Waals surface area (Å²) in [5, 5.41) is 19.5. The Morgan fingerprint density at radius 3 is 2.41 bits per heavy atom. The minimum atomic E-state index is -0.921. The van der Waals surface area contributed by atoms with Gasteiger partial charge in [-0.1, -0.05) is 44.2 Å². The zero-order valence-corrected chi connectivity index (χ0v) is 13.3. The molecule has 0 fully saturated rings. The van der Waals surface area contributed by atoms with Crippen LogP contribution in [0.5, 0.6) is 0 Å². The molecule has 0 amide bonds. The molecule has 0 radical (unpaired) electrons. The number of rotatable bonds is 10. The average Bonchev–Trinajstić information content (AvgIpc) is 2.46. The SMILES string of the molecule is CC(C)COC(=O)C[C@H](O)C[C@H](O)COCc1ccccc1. The molecule has 0 unspecified atom stereocenters. The highest BCUT2D eigenvalue weighted by molar-refractivity contribution is 5.69. The molecule has 2 N–H and O–H groups in total. The fourth-order valence-corrected chi connectivity index (χ4v) is 1.86. The summed E-state index contributed by atoms with van der Waals surface area (Å²) in [5.41, 5.74) is 1.02. The second-order valence-corrected chi connectivity index (χ2v) is 5.83. The molecule has 124 valence electrons. The summed E-state index contributed by atoms with van der Waals surface area (Å²) in [6.45, 7) is 4.75. The fraction of sp³-hybridized carbons (Fsp3) is 0.588. The van der Waals surface area contributed by atoms with Crippen molar-refractivity contribution in [2.24, 2.45) is 5.92 Å². The van der Waals surface area contributed by atoms with Crippen molar-refractivity contribution < 1.29 is 24.5 Å². The van der Waals surface area contributed by atoms with E-state index in [1.165, 1.54) is 0 Å². The van der Waals surface area contributed by atoms with E-state index < -0.39 is 18.2 Å². The lowest BCUT2D eigenvalue weighted by atomic mass is 10.1. The molecule has 1 aromatic rings. The predicted octanol–water partition coefficient (Wildman–Crippen LogP) is 1.90. The van der Waals surface area contributed by atoms with E-state index in [-0.39, 0.29) is 25.4 Å². The third-order valence-electron chi connectivity index (χ3n) is 2.95. The van der Waals surface area contributed by atoms with Crippen LogP contribution in [0.3, 0.4) is 0 Å². The largest absolute Gasteiger partial charge is 0.465 e. The molecular weight excluding hydrogens is 284 g/mol. The summed E-state index contributed by atoms with van der Waals surface area (Å²) in [7, 11) is 0. The van der Waals surface area contributed by atoms with E-state index in [1.54, 1.807) is 0 Å². The van der Waals surface area contributed by atoms with Crippen LogP contribution in [0.15, 0.2) is 30.3 Å². The highest BCUT2D eigenvalue weighted by atomic mass is 16.5. The molecular formula is C17H26O5. The van der Waals surface area contributed by atoms with Crippen LogP contribution in [0, 0.1) is 5.92 Å². The topological polar surface area (TPSA) is 76.0 Å². The van der Waals surface area contributed by atoms with Crippen LogP contribution in [0.1, 0.15) is 32.3 Å². The maximum absolute atomic E-state index is 11.4. The second kappa shape index (κ2) is 10.3. The summed E-state index contributed by atoms with van der Waals surface area (Å²) in [6.07, 6.45) is -1.75. The van der Waals surface area contributed by atoms with Crippen molar-refractivity contribution in [1.82, 2.24) is 0 Å². The lowest BCUT2D eigenvalue weighted by Gasteiger charge is -2.16. The maximum Gasteiger partial charge on any atom is 0.308 e. The molecule has 1 aromatic carbocycles. The van der Waals surface area contributed by atoms with Crippen molar-refractivity contribution in [2.75, 3.05) is 13.2 Å². The van der Waals surface area contributed by atoms with Crippen LogP contribution in [-0.2, 0) is 20.9 Å². The number of aliphatic hydroxyl groups excluding tert-OH is 2. The molecule has 0 aliphatic rings. The molecule has 5 heteroatoms. The van der Waals surface area contributed by atoms with Crippen LogP contribution in [0.25, 0.3) is 0 Å². The van der Waals surface area contributed by atoms with Crippen molar-refractivity contribution in [3.63, 3.8) is 0 Å². The Balaban J connectivity index is 2.15. The quantitative estimate of drug-likeness (QED) is 0.646. The summed E-state index contributed by atoms with van der Waals surface area (Å²) < 4.78 is 10.4. The van der Waals surface area contributed by atoms with Crippen molar-refractivity contribution in [3.8, 4) is 0 Å². The van der Waals surface area contributed by atoms with Crippen LogP contribution < -0.4 is 0 Å². The van der Waals surface area contributed by atoms with E-state index in [0.717, 1.165) is 5.56 Å². The van der Waals surface area contributed by atoms with Gasteiger partial charge in [-0.05, 0) is 11.5 Å². The minimum Gasteiger partial charge on any atom is -0.465 e. The molecule has 0 saturated heterocycles. The monoisotopic (exact) mass is 310 g/mol. The molecule has 22 heavy (non-hydrogen) atoms. The van der Waals surface area contributed by atoms with Crippen molar-refractivity contribution >= 4 is 5.97 Å². The number of hydrogen-bond donors (Lipinski definition) is 2. The van der Waals surface area contributed by atoms with Crippen molar-refractivity contribution in [1.29, 1.82) is 0 Å². The van der Waals surface area contributed by atoms with E-state index in [1.807, 2.05) is 44.2 Å². The van der Waals surface area contributed by atoms with Gasteiger partial charge in [0.2, 0.25) is 0 Å². The second-order valence-electron chi connectivity index (χ2n) is 5.83. The highest BCUT2D eigenvalue weighted by Gasteiger charge is 2.17. The van der Waals surface area contributed by atoms with Crippen LogP contribution >= 0.6 is 0 Å². The molecule has 0 aliphatic carbocycles. The van der Waals surface area contributed by atoms with Crippen LogP contribution in [0.4, 0.5) is 0 Å². The number of carbonyl (C=O) groups is 1. The predicted molar refractivity (Wildman–Crippen MR) is 83.1 cm³/mol. The normalized spacial score (nSPS) is 13.9. The third-order valence-corrected chi connectivity index (χ3v) is 2.95. The van der Waals surface area contributed by atoms with Crippen LogP contribution in [0.2, 0.25) is 0 Å². The van der Waals surface area contributed by atoms with Gasteiger partial charge in [-0.25, -0.2) is 0 Å². The Kier molecular flexibility index (Phi) is 8.74. The molecule has 5 nitrogen and oxygen atoms in total. The summed E-state index contributed by atoms with van der Waals surface area (Å²) in [5.74, 6) is -0.184. The first-order valence-corrected chi connectivity index (χ1v) is 7.60. The van der Waals surface area contributed by atoms with Gasteiger partial charge in [0.05, 0.1) is 38.4 Å². The van der Waals surface area contributed by atoms with Crippen LogP contribution in [-0.4, -0.2) is 41.6 Å². The molecule has 0 aliphatic heterocycles. The molecule has 0 spiro atoms. The Bertz CT molecular complexity index is 418. The Morgan fingerprint density at radius 1 is 1.09 bits per heavy atom. The first-order valence-electron chi connectivity index (χ1n) is 7.60. The lowest BCUT2D eigenvalue weighted by Crippen LogP contribution is -2.25. The first-order chi connectivity index (χ1) is 10.5. The van der Waals surface area contributed by atoms with Gasteiger partial charge in [0.25, 0.3) is 0 Å². The van der Waals surface area contributed by atoms with E-state index in [4.69, 9.17) is 9.47 Å². The van der Waals surface area contributed by atoms with Gasteiger partial charge in [0.1, 0.15) is 0 Å². The molecule has 0 bridgehead atoms. The van der Waals surface area contributed by atoms with E-state index >= 15 is 0 Å². The first kappa shape index (κ1) is 18.6. The molecule has 0 saturated carbocycles. The van der Waals surface area contributed by atoms with Gasteiger partial charge in [0, 0.05) is 6.42 Å². The van der Waals surface area contributed by atoms with Gasteiger partial charge < -0.3 is 19.7 Å². The Hall–Kier alpha value is -1.43. The molecule has 0 aromatic heterocycles. The van der Waals surface area contributed by atoms with Crippen molar-refractivity contribution in [2.45, 2.75) is 45.5 Å². The number of carbonyl (C=O) groups excluding carboxylic acids is 1. The standard InChI is InChI=1S/C17H26O5/c1-13(2)10-22-17(20)9-15(18)8-16(19)12-21-11-14-6-4-3-5-7-14/h3-7,13,15-16,18-19H,8-12H2,1-2H3/t15-,16+/m1/s1. The minimum absolute atomic E-state index is 0.0889. The smallest absolute Gasteiger partial charge is 0.308 e. The maximum atomic E-state index is 11.4. The van der Waals surface area contributed by atoms with Gasteiger partial charge in [0.15, 0.2) is 0 Å². The van der Waals surface area contributed by atoms with E-state index in [2.05, 4.69) is 0 Å². The van der Waals surface area contributed by atoms with Gasteiger partial charge in [-0.3, -0.25) is 4.79 Å². The number of hydrogen-bond acceptors (Lipinski definition) is 5. The van der Waals surface area contributed by atoms with Gasteiger partial charge in [-0.15, -0.1) is 0 Å². The van der Waals surface area contributed by atoms with E-state index in [9.17, 15) is 15.0 Å². The lowest BCUT2D eigenvalue weighted by molar-refractivity contribution is -0.147. The highest BCUT2D eigenvalue weighted by Crippen LogP contribution is 2.07. The zero-order valence-electron chi connectivity index (χ0n) is 13.3. The number of benzene rings is 1. The van der Waals surface area contributed by atoms with Gasteiger partial charge in [-0.2, -0.15) is 0 Å². The zero-order chi connectivity index (χ0) is 16.4. The number of esters is 1.